The third-order valence-electron chi connectivity index (χ3n) is 6.13. The number of carbonyl (C=O) groups is 2. The molecule has 4 heterocycles. The molecule has 2 saturated heterocycles. The molecule has 0 amide bonds. The Morgan fingerprint density at radius 1 is 1.42 bits per heavy atom. The molecule has 31 heavy (non-hydrogen) atoms. The molecule has 0 aromatic carbocycles. The summed E-state index contributed by atoms with van der Waals surface area (Å²) in [7, 11) is 0. The number of nitrogens with zero attached hydrogens (tertiary/aromatic N) is 4. The summed E-state index contributed by atoms with van der Waals surface area (Å²) < 4.78 is 31.6. The molecular weight excluding hydrogens is 406 g/mol. The number of hydrogen-bond acceptors (Lipinski definition) is 10. The van der Waals surface area contributed by atoms with Gasteiger partial charge in [-0.05, 0) is 25.0 Å². The number of fused-ring (bicyclic) bond motifs is 2. The van der Waals surface area contributed by atoms with E-state index in [1.807, 2.05) is 0 Å². The molecule has 1 saturated carbocycles. The Morgan fingerprint density at radius 3 is 3.00 bits per heavy atom. The van der Waals surface area contributed by atoms with Gasteiger partial charge in [-0.2, -0.15) is 10.4 Å². The third kappa shape index (κ3) is 3.06. The Hall–Kier alpha value is -3.39. The van der Waals surface area contributed by atoms with Crippen molar-refractivity contribution in [3.63, 3.8) is 0 Å². The average molecular weight is 428 g/mol. The van der Waals surface area contributed by atoms with Gasteiger partial charge in [0.05, 0.1) is 13.0 Å². The van der Waals surface area contributed by atoms with E-state index in [1.165, 1.54) is 16.9 Å². The van der Waals surface area contributed by atoms with Crippen molar-refractivity contribution in [1.29, 1.82) is 5.26 Å². The summed E-state index contributed by atoms with van der Waals surface area (Å²) in [4.78, 5) is 28.3. The van der Waals surface area contributed by atoms with E-state index in [4.69, 9.17) is 26.1 Å². The molecule has 4 atom stereocenters. The standard InChI is InChI=1S/C20H21N5O6/c21-9-20(14-7-6-12-17(22)23-10-24-25(12)14)16-15(29-19(27)30-16)13(31-20)8-28-18(26)11-4-2-1-3-5-11/h6-7,10-11,13,15-16H,1-5,8H2,(H2,22,23,24)/t13-,15-,16-,20+/m1/s1/i6D. The lowest BCUT2D eigenvalue weighted by Crippen LogP contribution is -2.39. The van der Waals surface area contributed by atoms with E-state index in [-0.39, 0.29) is 41.6 Å². The highest BCUT2D eigenvalue weighted by Gasteiger charge is 2.65. The summed E-state index contributed by atoms with van der Waals surface area (Å²) in [6.45, 7) is -0.204. The fourth-order valence-electron chi connectivity index (χ4n) is 4.58. The van der Waals surface area contributed by atoms with E-state index in [1.54, 1.807) is 0 Å². The number of aromatic nitrogens is 3. The Balaban J connectivity index is 1.46. The van der Waals surface area contributed by atoms with E-state index >= 15 is 0 Å². The lowest BCUT2D eigenvalue weighted by molar-refractivity contribution is -0.157. The molecule has 2 aliphatic heterocycles. The highest BCUT2D eigenvalue weighted by atomic mass is 16.8. The number of nitrogens with two attached hydrogens (primary N) is 1. The molecule has 2 N–H and O–H groups in total. The summed E-state index contributed by atoms with van der Waals surface area (Å²) in [6.07, 6.45) is 1.81. The zero-order valence-electron chi connectivity index (χ0n) is 17.5. The van der Waals surface area contributed by atoms with Crippen molar-refractivity contribution < 1.29 is 29.9 Å². The first-order chi connectivity index (χ1) is 15.4. The smallest absolute Gasteiger partial charge is 0.463 e. The SMILES string of the molecule is [2H]c1cc([C@]2(C#N)O[C@H](COC(=O)C3CCCCC3)[C@H]3OC(=O)O[C@H]32)n2ncnc(N)c12. The molecular formula is C20H21N5O6. The van der Waals surface area contributed by atoms with Crippen molar-refractivity contribution in [2.75, 3.05) is 12.3 Å². The van der Waals surface area contributed by atoms with Gasteiger partial charge in [0.2, 0.25) is 5.60 Å². The minimum absolute atomic E-state index is 0.0229. The number of anilines is 1. The van der Waals surface area contributed by atoms with Crippen molar-refractivity contribution in [1.82, 2.24) is 14.6 Å². The lowest BCUT2D eigenvalue weighted by atomic mass is 9.89. The number of carbonyl (C=O) groups excluding carboxylic acids is 2. The predicted molar refractivity (Wildman–Crippen MR) is 102 cm³/mol. The van der Waals surface area contributed by atoms with Gasteiger partial charge in [0.1, 0.15) is 30.6 Å². The second kappa shape index (κ2) is 7.39. The lowest BCUT2D eigenvalue weighted by Gasteiger charge is -2.25. The van der Waals surface area contributed by atoms with Gasteiger partial charge >= 0.3 is 12.1 Å². The number of ether oxygens (including phenoxy) is 4. The van der Waals surface area contributed by atoms with Crippen LogP contribution in [0, 0.1) is 17.2 Å². The second-order valence-electron chi connectivity index (χ2n) is 7.92. The maximum Gasteiger partial charge on any atom is 0.509 e. The monoisotopic (exact) mass is 428 g/mol. The topological polar surface area (TPSA) is 151 Å². The molecule has 2 aromatic rings. The number of nitriles is 1. The van der Waals surface area contributed by atoms with Gasteiger partial charge in [-0.15, -0.1) is 0 Å². The summed E-state index contributed by atoms with van der Waals surface area (Å²) >= 11 is 0. The van der Waals surface area contributed by atoms with Crippen LogP contribution in [0.1, 0.15) is 39.2 Å². The van der Waals surface area contributed by atoms with Crippen LogP contribution in [0.25, 0.3) is 5.52 Å². The molecule has 0 radical (unpaired) electrons. The molecule has 162 valence electrons. The maximum absolute atomic E-state index is 12.5. The fraction of sp³-hybridized carbons (Fsp3) is 0.550. The second-order valence-corrected chi connectivity index (χ2v) is 7.92. The summed E-state index contributed by atoms with van der Waals surface area (Å²) in [5.74, 6) is -0.438. The third-order valence-corrected chi connectivity index (χ3v) is 6.13. The Labute approximate surface area is 178 Å². The van der Waals surface area contributed by atoms with Crippen molar-refractivity contribution in [2.45, 2.75) is 56.0 Å². The van der Waals surface area contributed by atoms with Crippen molar-refractivity contribution in [3.8, 4) is 6.07 Å². The van der Waals surface area contributed by atoms with Crippen LogP contribution in [0.3, 0.4) is 0 Å². The van der Waals surface area contributed by atoms with Gasteiger partial charge in [-0.1, -0.05) is 19.3 Å². The van der Waals surface area contributed by atoms with E-state index in [0.29, 0.717) is 0 Å². The first-order valence-electron chi connectivity index (χ1n) is 10.7. The van der Waals surface area contributed by atoms with Crippen LogP contribution in [0.5, 0.6) is 0 Å². The number of esters is 1. The van der Waals surface area contributed by atoms with E-state index in [2.05, 4.69) is 16.2 Å². The van der Waals surface area contributed by atoms with Crippen LogP contribution in [-0.4, -0.2) is 51.6 Å². The highest BCUT2D eigenvalue weighted by Crippen LogP contribution is 2.46. The number of rotatable bonds is 4. The van der Waals surface area contributed by atoms with Crippen LogP contribution in [0.2, 0.25) is 0 Å². The van der Waals surface area contributed by atoms with Crippen molar-refractivity contribution in [2.24, 2.45) is 5.92 Å². The Morgan fingerprint density at radius 2 is 2.23 bits per heavy atom. The molecule has 2 aromatic heterocycles. The van der Waals surface area contributed by atoms with Crippen LogP contribution < -0.4 is 5.73 Å². The normalized spacial score (nSPS) is 30.9. The first kappa shape index (κ1) is 18.4. The van der Waals surface area contributed by atoms with Crippen molar-refractivity contribution in [3.05, 3.63) is 24.1 Å². The quantitative estimate of drug-likeness (QED) is 0.708. The summed E-state index contributed by atoms with van der Waals surface area (Å²) in [6, 6.07) is 3.41. The van der Waals surface area contributed by atoms with Crippen LogP contribution in [0.4, 0.5) is 10.6 Å². The molecule has 0 spiro atoms. The Bertz CT molecular complexity index is 1130. The van der Waals surface area contributed by atoms with E-state index in [0.717, 1.165) is 32.1 Å². The number of hydrogen-bond donors (Lipinski definition) is 1. The minimum atomic E-state index is -1.85. The molecule has 0 bridgehead atoms. The molecule has 3 aliphatic rings. The van der Waals surface area contributed by atoms with Crippen molar-refractivity contribution >= 4 is 23.5 Å². The Kier molecular flexibility index (Phi) is 4.38. The van der Waals surface area contributed by atoms with Crippen LogP contribution in [0.15, 0.2) is 18.4 Å². The number of nitrogen functional groups attached to an aromatic ring is 1. The van der Waals surface area contributed by atoms with Gasteiger partial charge in [-0.25, -0.2) is 14.3 Å². The fourth-order valence-corrected chi connectivity index (χ4v) is 4.58. The van der Waals surface area contributed by atoms with Gasteiger partial charge in [-0.3, -0.25) is 4.79 Å². The summed E-state index contributed by atoms with van der Waals surface area (Å²) in [5, 5.41) is 14.3. The van der Waals surface area contributed by atoms with Gasteiger partial charge in [0, 0.05) is 0 Å². The highest BCUT2D eigenvalue weighted by molar-refractivity contribution is 5.72. The zero-order chi connectivity index (χ0) is 22.5. The van der Waals surface area contributed by atoms with E-state index in [9.17, 15) is 14.9 Å². The largest absolute Gasteiger partial charge is 0.509 e. The van der Waals surface area contributed by atoms with Crippen LogP contribution >= 0.6 is 0 Å². The zero-order valence-corrected chi connectivity index (χ0v) is 16.5. The van der Waals surface area contributed by atoms with Gasteiger partial charge in [0.25, 0.3) is 0 Å². The molecule has 0 unspecified atom stereocenters. The molecule has 11 heteroatoms. The molecule has 1 aliphatic carbocycles. The predicted octanol–water partition coefficient (Wildman–Crippen LogP) is 1.46. The average Bonchev–Trinajstić information content (AvgIpc) is 3.44. The van der Waals surface area contributed by atoms with Gasteiger partial charge < -0.3 is 24.7 Å². The minimum Gasteiger partial charge on any atom is -0.463 e. The van der Waals surface area contributed by atoms with E-state index < -0.39 is 30.1 Å². The molecule has 5 rings (SSSR count). The molecule has 3 fully saturated rings. The maximum atomic E-state index is 12.5. The first-order valence-corrected chi connectivity index (χ1v) is 10.2. The van der Waals surface area contributed by atoms with Crippen LogP contribution in [-0.2, 0) is 29.3 Å². The summed E-state index contributed by atoms with van der Waals surface area (Å²) in [5.41, 5.74) is 4.36. The van der Waals surface area contributed by atoms with Gasteiger partial charge in [0.15, 0.2) is 18.0 Å². The molecule has 11 nitrogen and oxygen atoms in total.